The number of hydrogen-bond donors (Lipinski definition) is 1. The molecule has 0 bridgehead atoms. The highest BCUT2D eigenvalue weighted by molar-refractivity contribution is 7.90. The first-order valence-corrected chi connectivity index (χ1v) is 9.98. The van der Waals surface area contributed by atoms with E-state index < -0.39 is 15.8 Å². The molecule has 0 fully saturated rings. The largest absolute Gasteiger partial charge is 0.495 e. The number of carboxylic acids is 1. The van der Waals surface area contributed by atoms with Gasteiger partial charge in [0.1, 0.15) is 11.3 Å². The molecule has 134 valence electrons. The highest BCUT2D eigenvalue weighted by atomic mass is 32.2. The lowest BCUT2D eigenvalue weighted by molar-refractivity contribution is 0.0693. The summed E-state index contributed by atoms with van der Waals surface area (Å²) in [7, 11) is -2.24. The van der Waals surface area contributed by atoms with Crippen LogP contribution in [0.4, 0.5) is 0 Å². The molecule has 0 spiro atoms. The molecule has 1 N–H and O–H groups in total. The highest BCUT2D eigenvalue weighted by Gasteiger charge is 2.24. The molecule has 0 unspecified atom stereocenters. The minimum absolute atomic E-state index is 0.0308. The van der Waals surface area contributed by atoms with Gasteiger partial charge in [-0.3, -0.25) is 0 Å². The Bertz CT molecular complexity index is 1030. The van der Waals surface area contributed by atoms with Crippen LogP contribution < -0.4 is 4.74 Å². The van der Waals surface area contributed by atoms with Crippen LogP contribution in [-0.4, -0.2) is 31.0 Å². The molecule has 2 aromatic carbocycles. The van der Waals surface area contributed by atoms with Gasteiger partial charge >= 0.3 is 5.97 Å². The maximum absolute atomic E-state index is 12.8. The molecule has 8 heteroatoms. The van der Waals surface area contributed by atoms with E-state index >= 15 is 0 Å². The van der Waals surface area contributed by atoms with Gasteiger partial charge in [-0.2, -0.15) is 0 Å². The fraction of sp³-hybridized carbons (Fsp3) is 0.111. The number of methoxy groups -OCH3 is 1. The van der Waals surface area contributed by atoms with Crippen molar-refractivity contribution in [3.05, 3.63) is 65.9 Å². The van der Waals surface area contributed by atoms with E-state index in [1.54, 1.807) is 30.5 Å². The molecule has 6 nitrogen and oxygen atoms in total. The minimum atomic E-state index is -3.60. The smallest absolute Gasteiger partial charge is 0.339 e. The number of aromatic nitrogens is 1. The zero-order valence-electron chi connectivity index (χ0n) is 13.7. The van der Waals surface area contributed by atoms with Crippen molar-refractivity contribution in [2.24, 2.45) is 0 Å². The van der Waals surface area contributed by atoms with Gasteiger partial charge in [0.2, 0.25) is 0 Å². The Hall–Kier alpha value is -2.71. The third-order valence-electron chi connectivity index (χ3n) is 3.81. The van der Waals surface area contributed by atoms with E-state index in [1.165, 1.54) is 31.4 Å². The molecular formula is C18H15NO5S2. The van der Waals surface area contributed by atoms with Crippen molar-refractivity contribution >= 4 is 27.3 Å². The number of aromatic carboxylic acids is 1. The van der Waals surface area contributed by atoms with E-state index in [0.717, 1.165) is 11.5 Å². The van der Waals surface area contributed by atoms with E-state index in [4.69, 9.17) is 4.74 Å². The lowest BCUT2D eigenvalue weighted by Crippen LogP contribution is -2.09. The molecule has 3 aromatic rings. The fourth-order valence-corrected chi connectivity index (χ4v) is 4.72. The first-order valence-electron chi connectivity index (χ1n) is 7.56. The topological polar surface area (TPSA) is 93.6 Å². The van der Waals surface area contributed by atoms with Crippen LogP contribution >= 0.6 is 11.5 Å². The Morgan fingerprint density at radius 3 is 2.46 bits per heavy atom. The van der Waals surface area contributed by atoms with E-state index in [-0.39, 0.29) is 22.0 Å². The molecule has 0 aliphatic rings. The second-order valence-corrected chi connectivity index (χ2v) is 8.26. The number of sulfone groups is 1. The molecule has 0 saturated carbocycles. The average Bonchev–Trinajstić information content (AvgIpc) is 3.15. The van der Waals surface area contributed by atoms with Gasteiger partial charge in [-0.1, -0.05) is 24.3 Å². The summed E-state index contributed by atoms with van der Waals surface area (Å²) in [6, 6.07) is 12.7. The van der Waals surface area contributed by atoms with Crippen molar-refractivity contribution in [1.29, 1.82) is 0 Å². The predicted molar refractivity (Wildman–Crippen MR) is 98.4 cm³/mol. The van der Waals surface area contributed by atoms with Gasteiger partial charge in [-0.25, -0.2) is 17.6 Å². The molecule has 3 rings (SSSR count). The summed E-state index contributed by atoms with van der Waals surface area (Å²) < 4.78 is 34.9. The monoisotopic (exact) mass is 389 g/mol. The van der Waals surface area contributed by atoms with E-state index in [9.17, 15) is 18.3 Å². The zero-order valence-corrected chi connectivity index (χ0v) is 15.4. The van der Waals surface area contributed by atoms with Gasteiger partial charge in [0.15, 0.2) is 9.84 Å². The van der Waals surface area contributed by atoms with E-state index in [0.29, 0.717) is 16.0 Å². The number of hydrogen-bond acceptors (Lipinski definition) is 6. The minimum Gasteiger partial charge on any atom is -0.495 e. The molecule has 0 saturated heterocycles. The summed E-state index contributed by atoms with van der Waals surface area (Å²) in [5.74, 6) is -1.30. The Balaban J connectivity index is 2.18. The molecule has 0 radical (unpaired) electrons. The number of carbonyl (C=O) groups is 1. The van der Waals surface area contributed by atoms with Crippen molar-refractivity contribution in [2.45, 2.75) is 10.6 Å². The maximum atomic E-state index is 12.8. The fourth-order valence-electron chi connectivity index (χ4n) is 2.65. The SMILES string of the molecule is COc1c(C(=O)O)ccc(CS(=O)(=O)c2ccccc2)c1-c1ccns1. The van der Waals surface area contributed by atoms with Crippen molar-refractivity contribution in [3.8, 4) is 16.2 Å². The predicted octanol–water partition coefficient (Wildman–Crippen LogP) is 3.49. The first kappa shape index (κ1) is 18.1. The quantitative estimate of drug-likeness (QED) is 0.694. The van der Waals surface area contributed by atoms with Crippen LogP contribution in [0, 0.1) is 0 Å². The summed E-state index contributed by atoms with van der Waals surface area (Å²) in [5.41, 5.74) is 0.867. The van der Waals surface area contributed by atoms with E-state index in [2.05, 4.69) is 4.37 Å². The van der Waals surface area contributed by atoms with Crippen LogP contribution in [0.5, 0.6) is 5.75 Å². The first-order chi connectivity index (χ1) is 12.4. The van der Waals surface area contributed by atoms with Gasteiger partial charge in [-0.05, 0) is 41.4 Å². The average molecular weight is 389 g/mol. The lowest BCUT2D eigenvalue weighted by atomic mass is 10.0. The van der Waals surface area contributed by atoms with Crippen molar-refractivity contribution < 1.29 is 23.1 Å². The molecule has 0 aliphatic heterocycles. The zero-order chi connectivity index (χ0) is 18.7. The second-order valence-electron chi connectivity index (χ2n) is 5.43. The standard InChI is InChI=1S/C18H15NO5S2/c1-24-17-14(18(20)21)8-7-12(16(17)15-9-10-19-25-15)11-26(22,23)13-5-3-2-4-6-13/h2-10H,11H2,1H3,(H,20,21). The van der Waals surface area contributed by atoms with Gasteiger partial charge in [-0.15, -0.1) is 0 Å². The lowest BCUT2D eigenvalue weighted by Gasteiger charge is -2.15. The van der Waals surface area contributed by atoms with Gasteiger partial charge < -0.3 is 9.84 Å². The van der Waals surface area contributed by atoms with Crippen LogP contribution in [0.25, 0.3) is 10.4 Å². The summed E-state index contributed by atoms with van der Waals surface area (Å²) in [6.45, 7) is 0. The second kappa shape index (κ2) is 7.27. The highest BCUT2D eigenvalue weighted by Crippen LogP contribution is 2.39. The van der Waals surface area contributed by atoms with Crippen LogP contribution in [0.2, 0.25) is 0 Å². The summed E-state index contributed by atoms with van der Waals surface area (Å²) in [5, 5.41) is 9.41. The van der Waals surface area contributed by atoms with Crippen LogP contribution in [0.15, 0.2) is 59.6 Å². The van der Waals surface area contributed by atoms with Crippen molar-refractivity contribution in [2.75, 3.05) is 7.11 Å². The van der Waals surface area contributed by atoms with Crippen LogP contribution in [0.1, 0.15) is 15.9 Å². The summed E-state index contributed by atoms with van der Waals surface area (Å²) in [6.07, 6.45) is 1.57. The van der Waals surface area contributed by atoms with Gasteiger partial charge in [0.25, 0.3) is 0 Å². The Morgan fingerprint density at radius 2 is 1.88 bits per heavy atom. The molecular weight excluding hydrogens is 374 g/mol. The molecule has 1 aromatic heterocycles. The third-order valence-corrected chi connectivity index (χ3v) is 6.26. The summed E-state index contributed by atoms with van der Waals surface area (Å²) in [4.78, 5) is 12.4. The number of carboxylic acid groups (broad SMARTS) is 1. The Labute approximate surface area is 154 Å². The Kier molecular flexibility index (Phi) is 5.06. The molecule has 26 heavy (non-hydrogen) atoms. The number of benzene rings is 2. The number of rotatable bonds is 6. The van der Waals surface area contributed by atoms with Crippen LogP contribution in [-0.2, 0) is 15.6 Å². The van der Waals surface area contributed by atoms with E-state index in [1.807, 2.05) is 0 Å². The maximum Gasteiger partial charge on any atom is 0.339 e. The normalized spacial score (nSPS) is 11.3. The Morgan fingerprint density at radius 1 is 1.15 bits per heavy atom. The summed E-state index contributed by atoms with van der Waals surface area (Å²) >= 11 is 1.14. The third kappa shape index (κ3) is 3.47. The molecule has 0 amide bonds. The number of ether oxygens (including phenoxy) is 1. The molecule has 1 heterocycles. The molecule has 0 aliphatic carbocycles. The van der Waals surface area contributed by atoms with Crippen molar-refractivity contribution in [3.63, 3.8) is 0 Å². The van der Waals surface area contributed by atoms with Gasteiger partial charge in [0.05, 0.1) is 22.6 Å². The van der Waals surface area contributed by atoms with Crippen molar-refractivity contribution in [1.82, 2.24) is 4.37 Å². The van der Waals surface area contributed by atoms with Gasteiger partial charge in [0, 0.05) is 11.8 Å². The molecule has 0 atom stereocenters. The number of nitrogens with zero attached hydrogens (tertiary/aromatic N) is 1. The van der Waals surface area contributed by atoms with Crippen LogP contribution in [0.3, 0.4) is 0 Å².